The Bertz CT molecular complexity index is 416. The molecule has 1 fully saturated rings. The minimum absolute atomic E-state index is 0.232. The summed E-state index contributed by atoms with van der Waals surface area (Å²) >= 11 is 0. The molecular weight excluding hydrogens is 228 g/mol. The zero-order chi connectivity index (χ0) is 13.0. The van der Waals surface area contributed by atoms with E-state index < -0.39 is 0 Å². The van der Waals surface area contributed by atoms with Gasteiger partial charge in [-0.3, -0.25) is 10.1 Å². The van der Waals surface area contributed by atoms with E-state index in [1.807, 2.05) is 12.1 Å². The highest BCUT2D eigenvalue weighted by atomic mass is 16.6. The van der Waals surface area contributed by atoms with Gasteiger partial charge in [0.1, 0.15) is 0 Å². The van der Waals surface area contributed by atoms with Gasteiger partial charge in [-0.05, 0) is 38.6 Å². The van der Waals surface area contributed by atoms with Crippen molar-refractivity contribution < 1.29 is 4.92 Å². The fourth-order valence-electron chi connectivity index (χ4n) is 2.44. The lowest BCUT2D eigenvalue weighted by Crippen LogP contribution is -2.38. The summed E-state index contributed by atoms with van der Waals surface area (Å²) < 4.78 is 0. The van der Waals surface area contributed by atoms with E-state index in [0.717, 1.165) is 18.0 Å². The Hall–Kier alpha value is -1.42. The van der Waals surface area contributed by atoms with Crippen LogP contribution in [0.1, 0.15) is 31.7 Å². The molecule has 18 heavy (non-hydrogen) atoms. The Morgan fingerprint density at radius 3 is 2.78 bits per heavy atom. The maximum absolute atomic E-state index is 10.9. The third-order valence-corrected chi connectivity index (χ3v) is 3.91. The van der Waals surface area contributed by atoms with Crippen molar-refractivity contribution in [3.05, 3.63) is 39.9 Å². The summed E-state index contributed by atoms with van der Waals surface area (Å²) in [4.78, 5) is 10.6. The van der Waals surface area contributed by atoms with E-state index in [0.29, 0.717) is 12.5 Å². The smallest absolute Gasteiger partial charge is 0.272 e. The molecule has 0 saturated heterocycles. The molecule has 0 aliphatic heterocycles. The number of hydrogen-bond donors (Lipinski definition) is 1. The largest absolute Gasteiger partial charge is 0.314 e. The topological polar surface area (TPSA) is 55.2 Å². The van der Waals surface area contributed by atoms with Gasteiger partial charge in [0, 0.05) is 17.7 Å². The maximum atomic E-state index is 10.9. The van der Waals surface area contributed by atoms with E-state index in [9.17, 15) is 10.1 Å². The molecule has 0 amide bonds. The van der Waals surface area contributed by atoms with Crippen LogP contribution >= 0.6 is 0 Å². The molecule has 4 heteroatoms. The van der Waals surface area contributed by atoms with Crippen molar-refractivity contribution in [3.8, 4) is 0 Å². The number of nitrogens with one attached hydrogen (secondary N) is 1. The van der Waals surface area contributed by atoms with Crippen molar-refractivity contribution in [1.82, 2.24) is 5.32 Å². The molecule has 0 aromatic heterocycles. The van der Waals surface area contributed by atoms with Crippen molar-refractivity contribution in [3.63, 3.8) is 0 Å². The van der Waals surface area contributed by atoms with Crippen LogP contribution in [0.2, 0.25) is 0 Å². The van der Waals surface area contributed by atoms with Crippen molar-refractivity contribution >= 4 is 5.69 Å². The van der Waals surface area contributed by atoms with Crippen molar-refractivity contribution in [2.24, 2.45) is 5.92 Å². The third kappa shape index (κ3) is 3.07. The Kier molecular flexibility index (Phi) is 4.31. The summed E-state index contributed by atoms with van der Waals surface area (Å²) in [7, 11) is 0. The second kappa shape index (κ2) is 5.96. The second-order valence-electron chi connectivity index (χ2n) is 5.07. The molecule has 98 valence electrons. The number of nitro benzene ring substituents is 1. The maximum Gasteiger partial charge on any atom is 0.272 e. The Balaban J connectivity index is 1.84. The van der Waals surface area contributed by atoms with Gasteiger partial charge in [0.2, 0.25) is 0 Å². The lowest BCUT2D eigenvalue weighted by atomic mass is 9.80. The number of benzene rings is 1. The molecule has 1 aliphatic rings. The molecule has 1 N–H and O–H groups in total. The van der Waals surface area contributed by atoms with Crippen molar-refractivity contribution in [1.29, 1.82) is 0 Å². The molecule has 1 unspecified atom stereocenters. The van der Waals surface area contributed by atoms with Crippen LogP contribution in [-0.4, -0.2) is 17.5 Å². The summed E-state index contributed by atoms with van der Waals surface area (Å²) in [5, 5.41) is 14.3. The minimum Gasteiger partial charge on any atom is -0.314 e. The van der Waals surface area contributed by atoms with Crippen LogP contribution < -0.4 is 5.32 Å². The molecular formula is C14H20N2O2. The molecule has 2 rings (SSSR count). The average Bonchev–Trinajstić information content (AvgIpc) is 2.27. The van der Waals surface area contributed by atoms with Gasteiger partial charge < -0.3 is 5.32 Å². The summed E-state index contributed by atoms with van der Waals surface area (Å²) in [6.45, 7) is 3.02. The molecule has 0 heterocycles. The Morgan fingerprint density at radius 1 is 1.44 bits per heavy atom. The van der Waals surface area contributed by atoms with Crippen LogP contribution in [0.15, 0.2) is 24.3 Å². The van der Waals surface area contributed by atoms with Gasteiger partial charge in [-0.2, -0.15) is 0 Å². The van der Waals surface area contributed by atoms with Crippen LogP contribution in [0.3, 0.4) is 0 Å². The van der Waals surface area contributed by atoms with Crippen LogP contribution in [0, 0.1) is 16.0 Å². The summed E-state index contributed by atoms with van der Waals surface area (Å²) in [6, 6.07) is 7.52. The van der Waals surface area contributed by atoms with Crippen molar-refractivity contribution in [2.45, 2.75) is 38.6 Å². The van der Waals surface area contributed by atoms with Gasteiger partial charge in [-0.1, -0.05) is 24.6 Å². The standard InChI is InChI=1S/C14H20N2O2/c1-11(12-6-4-7-12)15-10-9-13-5-2-3-8-14(13)16(17)18/h2-3,5,8,11-12,15H,4,6-7,9-10H2,1H3. The second-order valence-corrected chi connectivity index (χ2v) is 5.07. The first-order chi connectivity index (χ1) is 8.68. The van der Waals surface area contributed by atoms with E-state index in [2.05, 4.69) is 12.2 Å². The normalized spacial score (nSPS) is 17.2. The fraction of sp³-hybridized carbons (Fsp3) is 0.571. The predicted octanol–water partition coefficient (Wildman–Crippen LogP) is 2.92. The van der Waals surface area contributed by atoms with Gasteiger partial charge in [0.15, 0.2) is 0 Å². The molecule has 0 spiro atoms. The summed E-state index contributed by atoms with van der Waals surface area (Å²) in [5.74, 6) is 0.802. The molecule has 0 radical (unpaired) electrons. The van der Waals surface area contributed by atoms with Crippen LogP contribution in [0.4, 0.5) is 5.69 Å². The number of rotatable bonds is 6. The van der Waals surface area contributed by atoms with Crippen molar-refractivity contribution in [2.75, 3.05) is 6.54 Å². The number of hydrogen-bond acceptors (Lipinski definition) is 3. The predicted molar refractivity (Wildman–Crippen MR) is 71.6 cm³/mol. The first kappa shape index (κ1) is 13.0. The number of para-hydroxylation sites is 1. The van der Waals surface area contributed by atoms with Gasteiger partial charge in [0.25, 0.3) is 5.69 Å². The monoisotopic (exact) mass is 248 g/mol. The zero-order valence-electron chi connectivity index (χ0n) is 10.8. The van der Waals surface area contributed by atoms with Gasteiger partial charge in [-0.15, -0.1) is 0 Å². The summed E-state index contributed by atoms with van der Waals surface area (Å²) in [5.41, 5.74) is 1.05. The molecule has 1 aliphatic carbocycles. The minimum atomic E-state index is -0.301. The lowest BCUT2D eigenvalue weighted by molar-refractivity contribution is -0.385. The van der Waals surface area contributed by atoms with Crippen LogP contribution in [0.25, 0.3) is 0 Å². The molecule has 0 bridgehead atoms. The Labute approximate surface area is 108 Å². The zero-order valence-corrected chi connectivity index (χ0v) is 10.8. The van der Waals surface area contributed by atoms with E-state index >= 15 is 0 Å². The van der Waals surface area contributed by atoms with E-state index in [1.54, 1.807) is 12.1 Å². The average molecular weight is 248 g/mol. The first-order valence-corrected chi connectivity index (χ1v) is 6.64. The van der Waals surface area contributed by atoms with Gasteiger partial charge >= 0.3 is 0 Å². The van der Waals surface area contributed by atoms with E-state index in [1.165, 1.54) is 19.3 Å². The Morgan fingerprint density at radius 2 is 2.17 bits per heavy atom. The SMILES string of the molecule is CC(NCCc1ccccc1[N+](=O)[O-])C1CCC1. The quantitative estimate of drug-likeness (QED) is 0.622. The van der Waals surface area contributed by atoms with Crippen LogP contribution in [0.5, 0.6) is 0 Å². The number of nitrogens with zero attached hydrogens (tertiary/aromatic N) is 1. The fourth-order valence-corrected chi connectivity index (χ4v) is 2.44. The highest BCUT2D eigenvalue weighted by molar-refractivity contribution is 5.39. The molecule has 1 saturated carbocycles. The van der Waals surface area contributed by atoms with Crippen LogP contribution in [-0.2, 0) is 6.42 Å². The third-order valence-electron chi connectivity index (χ3n) is 3.91. The molecule has 4 nitrogen and oxygen atoms in total. The number of nitro groups is 1. The van der Waals surface area contributed by atoms with Gasteiger partial charge in [0.05, 0.1) is 4.92 Å². The lowest BCUT2D eigenvalue weighted by Gasteiger charge is -2.32. The first-order valence-electron chi connectivity index (χ1n) is 6.64. The van der Waals surface area contributed by atoms with Gasteiger partial charge in [-0.25, -0.2) is 0 Å². The summed E-state index contributed by atoms with van der Waals surface area (Å²) in [6.07, 6.45) is 4.70. The molecule has 1 atom stereocenters. The highest BCUT2D eigenvalue weighted by Gasteiger charge is 2.23. The molecule has 1 aromatic rings. The highest BCUT2D eigenvalue weighted by Crippen LogP contribution is 2.29. The molecule has 1 aromatic carbocycles. The van der Waals surface area contributed by atoms with E-state index in [4.69, 9.17) is 0 Å². The van der Waals surface area contributed by atoms with E-state index in [-0.39, 0.29) is 10.6 Å².